The van der Waals surface area contributed by atoms with Gasteiger partial charge in [-0.2, -0.15) is 0 Å². The third-order valence-electron chi connectivity index (χ3n) is 5.21. The van der Waals surface area contributed by atoms with Crippen LogP contribution in [0.5, 0.6) is 5.75 Å². The highest BCUT2D eigenvalue weighted by Crippen LogP contribution is 2.36. The lowest BCUT2D eigenvalue weighted by molar-refractivity contribution is -0.113. The van der Waals surface area contributed by atoms with E-state index in [1.165, 1.54) is 16.6 Å². The predicted molar refractivity (Wildman–Crippen MR) is 126 cm³/mol. The monoisotopic (exact) mass is 452 g/mol. The van der Waals surface area contributed by atoms with Crippen molar-refractivity contribution in [3.8, 4) is 5.75 Å². The molecule has 2 amide bonds. The van der Waals surface area contributed by atoms with Crippen molar-refractivity contribution in [2.24, 2.45) is 0 Å². The molecule has 1 N–H and O–H groups in total. The van der Waals surface area contributed by atoms with Crippen LogP contribution < -0.4 is 10.1 Å². The number of hydrogen-bond acceptors (Lipinski definition) is 5. The highest BCUT2D eigenvalue weighted by atomic mass is 32.2. The number of hydrogen-bond donors (Lipinski definition) is 1. The van der Waals surface area contributed by atoms with E-state index in [4.69, 9.17) is 4.74 Å². The van der Waals surface area contributed by atoms with E-state index in [-0.39, 0.29) is 23.6 Å². The maximum Gasteiger partial charge on any atom is 0.255 e. The zero-order valence-corrected chi connectivity index (χ0v) is 18.9. The fraction of sp³-hybridized carbons (Fsp3) is 0.250. The molecule has 5 nitrogen and oxygen atoms in total. The molecule has 0 saturated carbocycles. The number of carbonyl (C=O) groups excluding carboxylic acids is 2. The lowest BCUT2D eigenvalue weighted by Gasteiger charge is -2.25. The normalized spacial score (nSPS) is 15.6. The van der Waals surface area contributed by atoms with Crippen molar-refractivity contribution in [3.05, 3.63) is 76.5 Å². The number of ether oxygens (including phenoxy) is 1. The first-order chi connectivity index (χ1) is 15.2. The number of nitrogens with zero attached hydrogens (tertiary/aromatic N) is 1. The number of likely N-dealkylation sites (tertiary alicyclic amines) is 1. The summed E-state index contributed by atoms with van der Waals surface area (Å²) in [5.74, 6) is 0.813. The molecule has 0 radical (unpaired) electrons. The number of benzene rings is 2. The van der Waals surface area contributed by atoms with Gasteiger partial charge in [0.05, 0.1) is 24.5 Å². The standard InChI is InChI=1S/C24H24N2O3S2/c1-29-18-8-4-7-17(15-18)25-23(27)16-31-21-11-3-2-9-19(21)24(28)26-13-5-10-20(26)22-12-6-14-30-22/h2-4,6-9,11-12,14-15,20H,5,10,13,16H2,1H3,(H,25,27)/t20-/m1/s1. The summed E-state index contributed by atoms with van der Waals surface area (Å²) < 4.78 is 5.19. The van der Waals surface area contributed by atoms with E-state index in [2.05, 4.69) is 16.8 Å². The molecule has 160 valence electrons. The Balaban J connectivity index is 1.43. The molecule has 0 spiro atoms. The van der Waals surface area contributed by atoms with Gasteiger partial charge in [-0.1, -0.05) is 24.3 Å². The molecule has 1 saturated heterocycles. The summed E-state index contributed by atoms with van der Waals surface area (Å²) >= 11 is 3.08. The molecule has 1 atom stereocenters. The number of thioether (sulfide) groups is 1. The second-order valence-corrected chi connectivity index (χ2v) is 9.23. The molecule has 1 fully saturated rings. The number of rotatable bonds is 7. The Bertz CT molecular complexity index is 1050. The Morgan fingerprint density at radius 1 is 1.16 bits per heavy atom. The maximum atomic E-state index is 13.4. The molecule has 1 aliphatic rings. The molecule has 2 heterocycles. The molecular weight excluding hydrogens is 428 g/mol. The summed E-state index contributed by atoms with van der Waals surface area (Å²) in [5.41, 5.74) is 1.34. The van der Waals surface area contributed by atoms with Crippen molar-refractivity contribution in [2.45, 2.75) is 23.8 Å². The van der Waals surface area contributed by atoms with Crippen molar-refractivity contribution in [3.63, 3.8) is 0 Å². The summed E-state index contributed by atoms with van der Waals surface area (Å²) in [5, 5.41) is 4.94. The second kappa shape index (κ2) is 10.0. The summed E-state index contributed by atoms with van der Waals surface area (Å²) in [7, 11) is 1.59. The van der Waals surface area contributed by atoms with Crippen molar-refractivity contribution in [2.75, 3.05) is 24.7 Å². The van der Waals surface area contributed by atoms with E-state index in [9.17, 15) is 9.59 Å². The summed E-state index contributed by atoms with van der Waals surface area (Å²) in [6.07, 6.45) is 2.00. The molecular formula is C24H24N2O3S2. The Hall–Kier alpha value is -2.77. The molecule has 1 aliphatic heterocycles. The minimum Gasteiger partial charge on any atom is -0.497 e. The van der Waals surface area contributed by atoms with Crippen LogP contribution in [0, 0.1) is 0 Å². The molecule has 3 aromatic rings. The van der Waals surface area contributed by atoms with Crippen LogP contribution in [-0.4, -0.2) is 36.1 Å². The summed E-state index contributed by atoms with van der Waals surface area (Å²) in [6.45, 7) is 0.761. The summed E-state index contributed by atoms with van der Waals surface area (Å²) in [4.78, 5) is 29.9. The first-order valence-corrected chi connectivity index (χ1v) is 12.0. The highest BCUT2D eigenvalue weighted by Gasteiger charge is 2.32. The van der Waals surface area contributed by atoms with Gasteiger partial charge in [0.15, 0.2) is 0 Å². The van der Waals surface area contributed by atoms with Gasteiger partial charge in [0.25, 0.3) is 5.91 Å². The fourth-order valence-electron chi connectivity index (χ4n) is 3.75. The van der Waals surface area contributed by atoms with Crippen LogP contribution in [0.3, 0.4) is 0 Å². The second-order valence-electron chi connectivity index (χ2n) is 7.24. The molecule has 4 rings (SSSR count). The molecule has 31 heavy (non-hydrogen) atoms. The largest absolute Gasteiger partial charge is 0.497 e. The van der Waals surface area contributed by atoms with Crippen LogP contribution in [0.4, 0.5) is 5.69 Å². The molecule has 1 aromatic heterocycles. The van der Waals surface area contributed by atoms with Gasteiger partial charge in [-0.25, -0.2) is 0 Å². The van der Waals surface area contributed by atoms with Crippen molar-refractivity contribution in [1.29, 1.82) is 0 Å². The molecule has 0 aliphatic carbocycles. The quantitative estimate of drug-likeness (QED) is 0.483. The third kappa shape index (κ3) is 5.11. The lowest BCUT2D eigenvalue weighted by atomic mass is 10.1. The van der Waals surface area contributed by atoms with Crippen molar-refractivity contribution >= 4 is 40.6 Å². The Morgan fingerprint density at radius 2 is 2.03 bits per heavy atom. The number of anilines is 1. The highest BCUT2D eigenvalue weighted by molar-refractivity contribution is 8.00. The van der Waals surface area contributed by atoms with Crippen LogP contribution in [-0.2, 0) is 4.79 Å². The SMILES string of the molecule is COc1cccc(NC(=O)CSc2ccccc2C(=O)N2CCC[C@@H]2c2cccs2)c1. The molecule has 7 heteroatoms. The average molecular weight is 453 g/mol. The minimum absolute atomic E-state index is 0.0344. The number of methoxy groups -OCH3 is 1. The minimum atomic E-state index is -0.127. The van der Waals surface area contributed by atoms with Gasteiger partial charge >= 0.3 is 0 Å². The van der Waals surface area contributed by atoms with E-state index in [0.29, 0.717) is 17.0 Å². The van der Waals surface area contributed by atoms with Gasteiger partial charge in [0, 0.05) is 28.1 Å². The van der Waals surface area contributed by atoms with Crippen LogP contribution in [0.15, 0.2) is 70.9 Å². The maximum absolute atomic E-state index is 13.4. The first kappa shape index (κ1) is 21.5. The Kier molecular flexibility index (Phi) is 6.94. The number of nitrogens with one attached hydrogen (secondary N) is 1. The lowest BCUT2D eigenvalue weighted by Crippen LogP contribution is -2.30. The van der Waals surface area contributed by atoms with Gasteiger partial charge in [-0.3, -0.25) is 9.59 Å². The van der Waals surface area contributed by atoms with Crippen LogP contribution in [0.25, 0.3) is 0 Å². The molecule has 0 unspecified atom stereocenters. The number of thiophene rings is 1. The molecule has 0 bridgehead atoms. The van der Waals surface area contributed by atoms with E-state index < -0.39 is 0 Å². The predicted octanol–water partition coefficient (Wildman–Crippen LogP) is 5.46. The van der Waals surface area contributed by atoms with Crippen LogP contribution >= 0.6 is 23.1 Å². The van der Waals surface area contributed by atoms with E-state index in [0.717, 1.165) is 24.3 Å². The third-order valence-corrected chi connectivity index (χ3v) is 7.26. The van der Waals surface area contributed by atoms with Crippen LogP contribution in [0.2, 0.25) is 0 Å². The topological polar surface area (TPSA) is 58.6 Å². The van der Waals surface area contributed by atoms with E-state index in [1.807, 2.05) is 53.4 Å². The van der Waals surface area contributed by atoms with Gasteiger partial charge < -0.3 is 15.0 Å². The summed E-state index contributed by atoms with van der Waals surface area (Å²) in [6, 6.07) is 19.1. The fourth-order valence-corrected chi connectivity index (χ4v) is 5.47. The number of carbonyl (C=O) groups is 2. The van der Waals surface area contributed by atoms with E-state index in [1.54, 1.807) is 24.5 Å². The Morgan fingerprint density at radius 3 is 2.84 bits per heavy atom. The van der Waals surface area contributed by atoms with Crippen molar-refractivity contribution in [1.82, 2.24) is 4.90 Å². The van der Waals surface area contributed by atoms with E-state index >= 15 is 0 Å². The van der Waals surface area contributed by atoms with Gasteiger partial charge in [0.1, 0.15) is 5.75 Å². The van der Waals surface area contributed by atoms with Crippen molar-refractivity contribution < 1.29 is 14.3 Å². The van der Waals surface area contributed by atoms with Crippen LogP contribution in [0.1, 0.15) is 34.1 Å². The average Bonchev–Trinajstić information content (AvgIpc) is 3.49. The van der Waals surface area contributed by atoms with Gasteiger partial charge in [-0.15, -0.1) is 23.1 Å². The smallest absolute Gasteiger partial charge is 0.255 e. The van der Waals surface area contributed by atoms with Gasteiger partial charge in [0.2, 0.25) is 5.91 Å². The first-order valence-electron chi connectivity index (χ1n) is 10.2. The Labute approximate surface area is 190 Å². The zero-order valence-electron chi connectivity index (χ0n) is 17.2. The van der Waals surface area contributed by atoms with Gasteiger partial charge in [-0.05, 0) is 48.6 Å². The zero-order chi connectivity index (χ0) is 21.6. The molecule has 2 aromatic carbocycles. The number of amides is 2.